The third kappa shape index (κ3) is 2.34. The zero-order valence-electron chi connectivity index (χ0n) is 11.8. The van der Waals surface area contributed by atoms with Crippen molar-refractivity contribution in [2.45, 2.75) is 25.9 Å². The normalized spacial score (nSPS) is 18.1. The molecule has 1 aliphatic heterocycles. The SMILES string of the molecule is CNCc1cc(F)ccc1N1CCc2sccc2C1C. The molecular formula is C16H19FN2S. The van der Waals surface area contributed by atoms with Crippen molar-refractivity contribution in [2.24, 2.45) is 0 Å². The molecule has 20 heavy (non-hydrogen) atoms. The molecule has 0 amide bonds. The number of nitrogens with one attached hydrogen (secondary N) is 1. The van der Waals surface area contributed by atoms with Gasteiger partial charge in [0.05, 0.1) is 6.04 Å². The maximum Gasteiger partial charge on any atom is 0.123 e. The number of benzene rings is 1. The van der Waals surface area contributed by atoms with Gasteiger partial charge < -0.3 is 10.2 Å². The van der Waals surface area contributed by atoms with Crippen LogP contribution in [-0.4, -0.2) is 13.6 Å². The van der Waals surface area contributed by atoms with E-state index in [1.807, 2.05) is 24.5 Å². The molecule has 2 aromatic rings. The summed E-state index contributed by atoms with van der Waals surface area (Å²) in [5, 5.41) is 5.30. The Labute approximate surface area is 123 Å². The monoisotopic (exact) mass is 290 g/mol. The van der Waals surface area contributed by atoms with Gasteiger partial charge in [0.2, 0.25) is 0 Å². The molecular weight excluding hydrogens is 271 g/mol. The standard InChI is InChI=1S/C16H19FN2S/c1-11-14-6-8-20-16(14)5-7-19(11)15-4-3-13(17)9-12(15)10-18-2/h3-4,6,8-9,11,18H,5,7,10H2,1-2H3. The summed E-state index contributed by atoms with van der Waals surface area (Å²) >= 11 is 1.84. The molecule has 0 saturated carbocycles. The minimum Gasteiger partial charge on any atom is -0.364 e. The third-order valence-electron chi connectivity index (χ3n) is 4.00. The Morgan fingerprint density at radius 2 is 2.25 bits per heavy atom. The summed E-state index contributed by atoms with van der Waals surface area (Å²) in [5.41, 5.74) is 3.59. The van der Waals surface area contributed by atoms with Gasteiger partial charge in [-0.25, -0.2) is 4.39 Å². The van der Waals surface area contributed by atoms with Crippen LogP contribution in [0.1, 0.15) is 29.0 Å². The van der Waals surface area contributed by atoms with Gasteiger partial charge in [0, 0.05) is 23.7 Å². The number of hydrogen-bond donors (Lipinski definition) is 1. The molecule has 0 radical (unpaired) electrons. The van der Waals surface area contributed by atoms with Gasteiger partial charge >= 0.3 is 0 Å². The van der Waals surface area contributed by atoms with Gasteiger partial charge in [0.1, 0.15) is 5.82 Å². The van der Waals surface area contributed by atoms with Crippen LogP contribution < -0.4 is 10.2 Å². The first-order chi connectivity index (χ1) is 9.70. The summed E-state index contributed by atoms with van der Waals surface area (Å²) < 4.78 is 13.5. The minimum absolute atomic E-state index is 0.167. The van der Waals surface area contributed by atoms with Crippen molar-refractivity contribution < 1.29 is 4.39 Å². The number of halogens is 1. The first kappa shape index (κ1) is 13.6. The molecule has 0 aliphatic carbocycles. The van der Waals surface area contributed by atoms with Crippen LogP contribution >= 0.6 is 11.3 Å². The Balaban J connectivity index is 1.98. The summed E-state index contributed by atoms with van der Waals surface area (Å²) in [6.45, 7) is 3.92. The highest BCUT2D eigenvalue weighted by atomic mass is 32.1. The van der Waals surface area contributed by atoms with E-state index in [2.05, 4.69) is 28.6 Å². The van der Waals surface area contributed by atoms with Crippen LogP contribution in [-0.2, 0) is 13.0 Å². The zero-order valence-corrected chi connectivity index (χ0v) is 12.6. The fraction of sp³-hybridized carbons (Fsp3) is 0.375. The Hall–Kier alpha value is -1.39. The fourth-order valence-electron chi connectivity index (χ4n) is 3.00. The van der Waals surface area contributed by atoms with Crippen molar-refractivity contribution in [3.05, 3.63) is 51.5 Å². The number of hydrogen-bond acceptors (Lipinski definition) is 3. The number of anilines is 1. The summed E-state index contributed by atoms with van der Waals surface area (Å²) in [4.78, 5) is 3.88. The summed E-state index contributed by atoms with van der Waals surface area (Å²) in [6.07, 6.45) is 1.08. The van der Waals surface area contributed by atoms with Gasteiger partial charge in [0.15, 0.2) is 0 Å². The van der Waals surface area contributed by atoms with E-state index in [9.17, 15) is 4.39 Å². The Morgan fingerprint density at radius 1 is 1.40 bits per heavy atom. The van der Waals surface area contributed by atoms with Gasteiger partial charge in [-0.3, -0.25) is 0 Å². The van der Waals surface area contributed by atoms with Crippen LogP contribution in [0.4, 0.5) is 10.1 Å². The van der Waals surface area contributed by atoms with E-state index in [1.54, 1.807) is 12.1 Å². The Bertz CT molecular complexity index is 608. The molecule has 2 heterocycles. The molecule has 0 saturated heterocycles. The summed E-state index contributed by atoms with van der Waals surface area (Å²) in [5.74, 6) is -0.167. The highest BCUT2D eigenvalue weighted by Gasteiger charge is 2.26. The van der Waals surface area contributed by atoms with Gasteiger partial charge in [-0.15, -0.1) is 11.3 Å². The lowest BCUT2D eigenvalue weighted by Gasteiger charge is -2.37. The molecule has 1 unspecified atom stereocenters. The van der Waals surface area contributed by atoms with Gasteiger partial charge in [-0.1, -0.05) is 0 Å². The molecule has 1 aliphatic rings. The van der Waals surface area contributed by atoms with Gasteiger partial charge in [-0.2, -0.15) is 0 Å². The van der Waals surface area contributed by atoms with E-state index in [0.29, 0.717) is 12.6 Å². The highest BCUT2D eigenvalue weighted by molar-refractivity contribution is 7.10. The van der Waals surface area contributed by atoms with Crippen LogP contribution in [0, 0.1) is 5.82 Å². The molecule has 0 bridgehead atoms. The first-order valence-corrected chi connectivity index (χ1v) is 7.84. The number of thiophene rings is 1. The molecule has 4 heteroatoms. The van der Waals surface area contributed by atoms with Crippen LogP contribution in [0.25, 0.3) is 0 Å². The number of fused-ring (bicyclic) bond motifs is 1. The molecule has 0 spiro atoms. The molecule has 1 atom stereocenters. The fourth-order valence-corrected chi connectivity index (χ4v) is 3.97. The lowest BCUT2D eigenvalue weighted by molar-refractivity contribution is 0.611. The second-order valence-electron chi connectivity index (χ2n) is 5.22. The van der Waals surface area contributed by atoms with Crippen LogP contribution in [0.2, 0.25) is 0 Å². The van der Waals surface area contributed by atoms with Crippen LogP contribution in [0.5, 0.6) is 0 Å². The van der Waals surface area contributed by atoms with Crippen molar-refractivity contribution in [2.75, 3.05) is 18.5 Å². The predicted molar refractivity (Wildman–Crippen MR) is 82.9 cm³/mol. The molecule has 1 aromatic carbocycles. The maximum atomic E-state index is 13.5. The average Bonchev–Trinajstić information content (AvgIpc) is 2.90. The van der Waals surface area contributed by atoms with Crippen molar-refractivity contribution in [1.82, 2.24) is 5.32 Å². The number of rotatable bonds is 3. The zero-order chi connectivity index (χ0) is 14.1. The average molecular weight is 290 g/mol. The largest absolute Gasteiger partial charge is 0.364 e. The van der Waals surface area contributed by atoms with Gasteiger partial charge in [-0.05, 0) is 61.2 Å². The molecule has 3 rings (SSSR count). The molecule has 106 valence electrons. The molecule has 1 N–H and O–H groups in total. The van der Waals surface area contributed by atoms with Crippen LogP contribution in [0.3, 0.4) is 0 Å². The van der Waals surface area contributed by atoms with E-state index >= 15 is 0 Å². The lowest BCUT2D eigenvalue weighted by Crippen LogP contribution is -2.34. The van der Waals surface area contributed by atoms with E-state index < -0.39 is 0 Å². The quantitative estimate of drug-likeness (QED) is 0.926. The van der Waals surface area contributed by atoms with Crippen molar-refractivity contribution in [3.8, 4) is 0 Å². The first-order valence-electron chi connectivity index (χ1n) is 6.96. The molecule has 0 fully saturated rings. The second-order valence-corrected chi connectivity index (χ2v) is 6.22. The van der Waals surface area contributed by atoms with E-state index in [1.165, 1.54) is 10.4 Å². The Morgan fingerprint density at radius 3 is 3.05 bits per heavy atom. The summed E-state index contributed by atoms with van der Waals surface area (Å²) in [7, 11) is 1.89. The van der Waals surface area contributed by atoms with E-state index in [0.717, 1.165) is 24.2 Å². The Kier molecular flexibility index (Phi) is 3.76. The smallest absolute Gasteiger partial charge is 0.123 e. The molecule has 2 nitrogen and oxygen atoms in total. The second kappa shape index (κ2) is 5.54. The van der Waals surface area contributed by atoms with E-state index in [4.69, 9.17) is 0 Å². The predicted octanol–water partition coefficient (Wildman–Crippen LogP) is 3.73. The van der Waals surface area contributed by atoms with Gasteiger partial charge in [0.25, 0.3) is 0 Å². The summed E-state index contributed by atoms with van der Waals surface area (Å²) in [6, 6.07) is 7.69. The topological polar surface area (TPSA) is 15.3 Å². The maximum absolute atomic E-state index is 13.5. The van der Waals surface area contributed by atoms with Crippen molar-refractivity contribution >= 4 is 17.0 Å². The number of nitrogens with zero attached hydrogens (tertiary/aromatic N) is 1. The van der Waals surface area contributed by atoms with E-state index in [-0.39, 0.29) is 5.82 Å². The highest BCUT2D eigenvalue weighted by Crippen LogP contribution is 2.37. The minimum atomic E-state index is -0.167. The third-order valence-corrected chi connectivity index (χ3v) is 4.99. The van der Waals surface area contributed by atoms with Crippen molar-refractivity contribution in [3.63, 3.8) is 0 Å². The van der Waals surface area contributed by atoms with Crippen LogP contribution in [0.15, 0.2) is 29.6 Å². The molecule has 1 aromatic heterocycles. The van der Waals surface area contributed by atoms with Crippen molar-refractivity contribution in [1.29, 1.82) is 0 Å². The lowest BCUT2D eigenvalue weighted by atomic mass is 9.99.